The maximum atomic E-state index is 11.5. The Kier molecular flexibility index (Phi) is 5.43. The third-order valence-corrected chi connectivity index (χ3v) is 3.82. The molecule has 1 aromatic heterocycles. The van der Waals surface area contributed by atoms with Crippen molar-refractivity contribution in [2.24, 2.45) is 0 Å². The number of ether oxygens (including phenoxy) is 1. The van der Waals surface area contributed by atoms with Crippen molar-refractivity contribution >= 4 is 35.2 Å². The third-order valence-electron chi connectivity index (χ3n) is 3.17. The molecule has 0 atom stereocenters. The highest BCUT2D eigenvalue weighted by Crippen LogP contribution is 2.24. The summed E-state index contributed by atoms with van der Waals surface area (Å²) in [6, 6.07) is 9.12. The van der Waals surface area contributed by atoms with Gasteiger partial charge < -0.3 is 4.74 Å². The predicted molar refractivity (Wildman–Crippen MR) is 88.1 cm³/mol. The summed E-state index contributed by atoms with van der Waals surface area (Å²) >= 11 is 12.2. The Bertz CT molecular complexity index is 802. The molecule has 0 aliphatic heterocycles. The van der Waals surface area contributed by atoms with Crippen LogP contribution in [0, 0.1) is 18.3 Å². The minimum Gasteiger partial charge on any atom is -0.465 e. The molecule has 23 heavy (non-hydrogen) atoms. The van der Waals surface area contributed by atoms with E-state index in [2.05, 4.69) is 9.84 Å². The monoisotopic (exact) mass is 349 g/mol. The van der Waals surface area contributed by atoms with Crippen LogP contribution in [0.1, 0.15) is 16.8 Å². The number of benzene rings is 1. The van der Waals surface area contributed by atoms with Gasteiger partial charge >= 0.3 is 5.97 Å². The van der Waals surface area contributed by atoms with Gasteiger partial charge in [0.1, 0.15) is 16.8 Å². The molecule has 0 spiro atoms. The molecule has 0 bridgehead atoms. The molecule has 0 unspecified atom stereocenters. The summed E-state index contributed by atoms with van der Waals surface area (Å²) in [5.41, 5.74) is 1.97. The Morgan fingerprint density at radius 1 is 1.39 bits per heavy atom. The number of rotatable bonds is 4. The number of methoxy groups -OCH3 is 1. The first-order valence-electron chi connectivity index (χ1n) is 6.63. The number of hydrogen-bond donors (Lipinski definition) is 0. The number of hydrogen-bond acceptors (Lipinski definition) is 4. The van der Waals surface area contributed by atoms with Crippen LogP contribution in [0.5, 0.6) is 0 Å². The van der Waals surface area contributed by atoms with Crippen LogP contribution in [0.25, 0.3) is 6.08 Å². The van der Waals surface area contributed by atoms with Gasteiger partial charge in [0.15, 0.2) is 0 Å². The molecule has 0 fully saturated rings. The highest BCUT2D eigenvalue weighted by molar-refractivity contribution is 6.31. The maximum absolute atomic E-state index is 11.5. The number of aromatic nitrogens is 2. The summed E-state index contributed by atoms with van der Waals surface area (Å²) < 4.78 is 6.15. The van der Waals surface area contributed by atoms with E-state index in [1.165, 1.54) is 13.2 Å². The van der Waals surface area contributed by atoms with E-state index in [0.29, 0.717) is 28.0 Å². The van der Waals surface area contributed by atoms with Crippen molar-refractivity contribution < 1.29 is 9.53 Å². The van der Waals surface area contributed by atoms with Gasteiger partial charge in [-0.15, -0.1) is 0 Å². The average Bonchev–Trinajstić information content (AvgIpc) is 2.80. The lowest BCUT2D eigenvalue weighted by atomic mass is 10.1. The maximum Gasteiger partial charge on any atom is 0.348 e. The van der Waals surface area contributed by atoms with Gasteiger partial charge in [-0.3, -0.25) is 0 Å². The number of halogens is 2. The first kappa shape index (κ1) is 17.1. The molecule has 1 aromatic carbocycles. The van der Waals surface area contributed by atoms with Gasteiger partial charge in [0, 0.05) is 10.6 Å². The topological polar surface area (TPSA) is 67.9 Å². The quantitative estimate of drug-likeness (QED) is 0.480. The Hall–Kier alpha value is -2.29. The van der Waals surface area contributed by atoms with Crippen molar-refractivity contribution in [3.8, 4) is 6.07 Å². The van der Waals surface area contributed by atoms with E-state index in [-0.39, 0.29) is 5.57 Å². The molecule has 0 radical (unpaired) electrons. The van der Waals surface area contributed by atoms with Crippen molar-refractivity contribution in [2.75, 3.05) is 7.11 Å². The molecule has 2 rings (SSSR count). The molecule has 0 saturated heterocycles. The summed E-state index contributed by atoms with van der Waals surface area (Å²) in [6.45, 7) is 2.20. The van der Waals surface area contributed by atoms with Crippen LogP contribution in [0.3, 0.4) is 0 Å². The zero-order valence-electron chi connectivity index (χ0n) is 12.5. The molecule has 0 amide bonds. The van der Waals surface area contributed by atoms with Gasteiger partial charge in [0.25, 0.3) is 0 Å². The second-order valence-corrected chi connectivity index (χ2v) is 5.53. The van der Waals surface area contributed by atoms with Crippen LogP contribution in [0.15, 0.2) is 29.8 Å². The van der Waals surface area contributed by atoms with E-state index in [0.717, 1.165) is 5.56 Å². The van der Waals surface area contributed by atoms with E-state index < -0.39 is 5.97 Å². The van der Waals surface area contributed by atoms with Crippen LogP contribution >= 0.6 is 23.2 Å². The van der Waals surface area contributed by atoms with Gasteiger partial charge in [0.05, 0.1) is 19.3 Å². The van der Waals surface area contributed by atoms with E-state index in [4.69, 9.17) is 28.5 Å². The lowest BCUT2D eigenvalue weighted by Crippen LogP contribution is -2.03. The van der Waals surface area contributed by atoms with E-state index in [1.807, 2.05) is 12.1 Å². The predicted octanol–water partition coefficient (Wildman–Crippen LogP) is 3.63. The smallest absolute Gasteiger partial charge is 0.348 e. The molecule has 0 N–H and O–H groups in total. The number of carbonyl (C=O) groups is 1. The van der Waals surface area contributed by atoms with Crippen LogP contribution < -0.4 is 0 Å². The number of nitriles is 1. The molecule has 0 aliphatic rings. The van der Waals surface area contributed by atoms with Crippen LogP contribution in [-0.2, 0) is 16.1 Å². The van der Waals surface area contributed by atoms with Crippen molar-refractivity contribution in [1.82, 2.24) is 9.78 Å². The van der Waals surface area contributed by atoms with Crippen molar-refractivity contribution in [2.45, 2.75) is 13.5 Å². The van der Waals surface area contributed by atoms with Gasteiger partial charge in [-0.2, -0.15) is 10.4 Å². The SMILES string of the molecule is COC(=O)/C(C#N)=C/c1c(C)nn(Cc2ccc(Cl)cc2)c1Cl. The Morgan fingerprint density at radius 3 is 2.61 bits per heavy atom. The number of nitrogens with zero attached hydrogens (tertiary/aromatic N) is 3. The highest BCUT2D eigenvalue weighted by atomic mass is 35.5. The first-order valence-corrected chi connectivity index (χ1v) is 7.39. The molecule has 0 saturated carbocycles. The molecular formula is C16H13Cl2N3O2. The third kappa shape index (κ3) is 3.92. The summed E-state index contributed by atoms with van der Waals surface area (Å²) in [4.78, 5) is 11.5. The zero-order chi connectivity index (χ0) is 17.0. The van der Waals surface area contributed by atoms with Crippen LogP contribution in [0.2, 0.25) is 10.2 Å². The second-order valence-electron chi connectivity index (χ2n) is 4.74. The lowest BCUT2D eigenvalue weighted by molar-refractivity contribution is -0.135. The van der Waals surface area contributed by atoms with E-state index in [9.17, 15) is 4.79 Å². The van der Waals surface area contributed by atoms with Gasteiger partial charge in [-0.1, -0.05) is 35.3 Å². The minimum absolute atomic E-state index is 0.136. The Balaban J connectivity index is 2.36. The summed E-state index contributed by atoms with van der Waals surface area (Å²) in [5.74, 6) is -0.714. The highest BCUT2D eigenvalue weighted by Gasteiger charge is 2.16. The number of aryl methyl sites for hydroxylation is 1. The fourth-order valence-corrected chi connectivity index (χ4v) is 2.40. The lowest BCUT2D eigenvalue weighted by Gasteiger charge is -2.04. The standard InChI is InChI=1S/C16H13Cl2N3O2/c1-10-14(7-12(8-19)16(22)23-2)15(18)21(20-10)9-11-3-5-13(17)6-4-11/h3-7H,9H2,1-2H3/b12-7+. The fourth-order valence-electron chi connectivity index (χ4n) is 1.99. The average molecular weight is 350 g/mol. The van der Waals surface area contributed by atoms with Crippen LogP contribution in [0.4, 0.5) is 0 Å². The van der Waals surface area contributed by atoms with E-state index >= 15 is 0 Å². The normalized spacial score (nSPS) is 11.2. The Morgan fingerprint density at radius 2 is 2.04 bits per heavy atom. The molecule has 5 nitrogen and oxygen atoms in total. The van der Waals surface area contributed by atoms with Crippen molar-refractivity contribution in [3.05, 3.63) is 56.8 Å². The van der Waals surface area contributed by atoms with Crippen LogP contribution in [-0.4, -0.2) is 22.9 Å². The molecular weight excluding hydrogens is 337 g/mol. The molecule has 0 aliphatic carbocycles. The molecule has 2 aromatic rings. The molecule has 1 heterocycles. The number of carbonyl (C=O) groups excluding carboxylic acids is 1. The fraction of sp³-hybridized carbons (Fsp3) is 0.188. The second kappa shape index (κ2) is 7.32. The van der Waals surface area contributed by atoms with Gasteiger partial charge in [-0.05, 0) is 30.7 Å². The van der Waals surface area contributed by atoms with Crippen molar-refractivity contribution in [3.63, 3.8) is 0 Å². The van der Waals surface area contributed by atoms with Gasteiger partial charge in [-0.25, -0.2) is 9.48 Å². The molecule has 118 valence electrons. The number of esters is 1. The van der Waals surface area contributed by atoms with Crippen molar-refractivity contribution in [1.29, 1.82) is 5.26 Å². The van der Waals surface area contributed by atoms with Gasteiger partial charge in [0.2, 0.25) is 0 Å². The minimum atomic E-state index is -0.714. The largest absolute Gasteiger partial charge is 0.465 e. The zero-order valence-corrected chi connectivity index (χ0v) is 14.0. The van der Waals surface area contributed by atoms with E-state index in [1.54, 1.807) is 29.8 Å². The Labute approximate surface area is 143 Å². The summed E-state index contributed by atoms with van der Waals surface area (Å²) in [7, 11) is 1.21. The first-order chi connectivity index (χ1) is 11.0. The summed E-state index contributed by atoms with van der Waals surface area (Å²) in [5, 5.41) is 14.4. The molecule has 7 heteroatoms. The summed E-state index contributed by atoms with van der Waals surface area (Å²) in [6.07, 6.45) is 1.38.